The fourth-order valence-electron chi connectivity index (χ4n) is 1.96. The van der Waals surface area contributed by atoms with E-state index < -0.39 is 12.0 Å². The molecule has 0 aliphatic carbocycles. The summed E-state index contributed by atoms with van der Waals surface area (Å²) < 4.78 is 1.81. The molecule has 1 aromatic heterocycles. The summed E-state index contributed by atoms with van der Waals surface area (Å²) >= 11 is 0. The average Bonchev–Trinajstić information content (AvgIpc) is 2.91. The molecule has 0 spiro atoms. The Balaban J connectivity index is 1.90. The summed E-state index contributed by atoms with van der Waals surface area (Å²) in [5, 5.41) is 12.9. The van der Waals surface area contributed by atoms with Crippen molar-refractivity contribution in [2.24, 2.45) is 5.73 Å². The SMILES string of the molecule is N[C@@H](CCc1ncnn1CCc1ccccc1)C(=O)O. The second kappa shape index (κ2) is 6.81. The van der Waals surface area contributed by atoms with Crippen molar-refractivity contribution >= 4 is 5.97 Å². The first kappa shape index (κ1) is 14.2. The van der Waals surface area contributed by atoms with Crippen LogP contribution in [0, 0.1) is 0 Å². The summed E-state index contributed by atoms with van der Waals surface area (Å²) in [6.45, 7) is 0.724. The Hall–Kier alpha value is -2.21. The number of benzene rings is 1. The minimum absolute atomic E-state index is 0.360. The molecule has 6 heteroatoms. The third kappa shape index (κ3) is 3.89. The van der Waals surface area contributed by atoms with Crippen LogP contribution in [-0.2, 0) is 24.2 Å². The van der Waals surface area contributed by atoms with Gasteiger partial charge in [0.2, 0.25) is 0 Å². The van der Waals surface area contributed by atoms with Crippen LogP contribution in [0.1, 0.15) is 17.8 Å². The first-order chi connectivity index (χ1) is 9.66. The Labute approximate surface area is 117 Å². The molecule has 6 nitrogen and oxygen atoms in total. The van der Waals surface area contributed by atoms with E-state index in [9.17, 15) is 4.79 Å². The fourth-order valence-corrected chi connectivity index (χ4v) is 1.96. The summed E-state index contributed by atoms with van der Waals surface area (Å²) in [6, 6.07) is 9.27. The minimum Gasteiger partial charge on any atom is -0.480 e. The predicted molar refractivity (Wildman–Crippen MR) is 74.1 cm³/mol. The van der Waals surface area contributed by atoms with E-state index in [1.807, 2.05) is 22.9 Å². The van der Waals surface area contributed by atoms with Gasteiger partial charge in [-0.05, 0) is 18.4 Å². The Morgan fingerprint density at radius 3 is 2.75 bits per heavy atom. The lowest BCUT2D eigenvalue weighted by Gasteiger charge is -2.08. The van der Waals surface area contributed by atoms with E-state index >= 15 is 0 Å². The Kier molecular flexibility index (Phi) is 4.84. The van der Waals surface area contributed by atoms with Crippen LogP contribution in [-0.4, -0.2) is 31.9 Å². The Morgan fingerprint density at radius 1 is 1.30 bits per heavy atom. The molecule has 0 fully saturated rings. The van der Waals surface area contributed by atoms with Gasteiger partial charge in [-0.25, -0.2) is 9.67 Å². The maximum Gasteiger partial charge on any atom is 0.320 e. The first-order valence-electron chi connectivity index (χ1n) is 6.56. The van der Waals surface area contributed by atoms with Gasteiger partial charge in [-0.3, -0.25) is 4.79 Å². The van der Waals surface area contributed by atoms with Gasteiger partial charge in [0.25, 0.3) is 0 Å². The summed E-state index contributed by atoms with van der Waals surface area (Å²) in [4.78, 5) is 14.8. The second-order valence-electron chi connectivity index (χ2n) is 4.62. The van der Waals surface area contributed by atoms with Crippen LogP contribution in [0.4, 0.5) is 0 Å². The second-order valence-corrected chi connectivity index (χ2v) is 4.62. The molecule has 0 saturated carbocycles. The van der Waals surface area contributed by atoms with Crippen LogP contribution in [0.5, 0.6) is 0 Å². The monoisotopic (exact) mass is 274 g/mol. The van der Waals surface area contributed by atoms with E-state index in [2.05, 4.69) is 22.2 Å². The van der Waals surface area contributed by atoms with Gasteiger partial charge in [0.15, 0.2) is 0 Å². The third-order valence-electron chi connectivity index (χ3n) is 3.15. The summed E-state index contributed by atoms with van der Waals surface area (Å²) in [7, 11) is 0. The Morgan fingerprint density at radius 2 is 2.05 bits per heavy atom. The number of hydrogen-bond acceptors (Lipinski definition) is 4. The van der Waals surface area contributed by atoms with Gasteiger partial charge in [-0.15, -0.1) is 0 Å². The number of hydrogen-bond donors (Lipinski definition) is 2. The van der Waals surface area contributed by atoms with Crippen molar-refractivity contribution in [2.75, 3.05) is 0 Å². The molecule has 1 aromatic carbocycles. The fraction of sp³-hybridized carbons (Fsp3) is 0.357. The number of nitrogens with zero attached hydrogens (tertiary/aromatic N) is 3. The molecule has 0 unspecified atom stereocenters. The molecule has 0 saturated heterocycles. The van der Waals surface area contributed by atoms with E-state index in [0.29, 0.717) is 12.8 Å². The van der Waals surface area contributed by atoms with Crippen molar-refractivity contribution in [1.82, 2.24) is 14.8 Å². The van der Waals surface area contributed by atoms with Crippen molar-refractivity contribution in [3.8, 4) is 0 Å². The zero-order valence-corrected chi connectivity index (χ0v) is 11.1. The molecule has 0 bridgehead atoms. The maximum absolute atomic E-state index is 10.7. The topological polar surface area (TPSA) is 94.0 Å². The molecule has 1 atom stereocenters. The minimum atomic E-state index is -0.986. The molecule has 0 aliphatic heterocycles. The number of carbonyl (C=O) groups is 1. The van der Waals surface area contributed by atoms with Gasteiger partial charge < -0.3 is 10.8 Å². The van der Waals surface area contributed by atoms with Crippen LogP contribution in [0.25, 0.3) is 0 Å². The molecule has 3 N–H and O–H groups in total. The molecular weight excluding hydrogens is 256 g/mol. The maximum atomic E-state index is 10.7. The Bertz CT molecular complexity index is 553. The smallest absolute Gasteiger partial charge is 0.320 e. The van der Waals surface area contributed by atoms with E-state index in [1.54, 1.807) is 0 Å². The number of nitrogens with two attached hydrogens (primary N) is 1. The zero-order valence-electron chi connectivity index (χ0n) is 11.1. The van der Waals surface area contributed by atoms with Crippen LogP contribution in [0.15, 0.2) is 36.7 Å². The van der Waals surface area contributed by atoms with Crippen LogP contribution < -0.4 is 5.73 Å². The number of carboxylic acid groups (broad SMARTS) is 1. The van der Waals surface area contributed by atoms with Crippen LogP contribution in [0.2, 0.25) is 0 Å². The number of rotatable bonds is 7. The quantitative estimate of drug-likeness (QED) is 0.781. The van der Waals surface area contributed by atoms with Crippen molar-refractivity contribution in [2.45, 2.75) is 31.8 Å². The summed E-state index contributed by atoms with van der Waals surface area (Å²) in [5.41, 5.74) is 6.72. The number of aromatic nitrogens is 3. The lowest BCUT2D eigenvalue weighted by Crippen LogP contribution is -2.30. The van der Waals surface area contributed by atoms with E-state index in [-0.39, 0.29) is 0 Å². The summed E-state index contributed by atoms with van der Waals surface area (Å²) in [6.07, 6.45) is 3.23. The molecule has 0 amide bonds. The van der Waals surface area contributed by atoms with Crippen molar-refractivity contribution in [3.63, 3.8) is 0 Å². The highest BCUT2D eigenvalue weighted by atomic mass is 16.4. The van der Waals surface area contributed by atoms with E-state index in [0.717, 1.165) is 18.8 Å². The van der Waals surface area contributed by atoms with Crippen molar-refractivity contribution in [1.29, 1.82) is 0 Å². The molecule has 106 valence electrons. The van der Waals surface area contributed by atoms with E-state index in [4.69, 9.17) is 10.8 Å². The van der Waals surface area contributed by atoms with Gasteiger partial charge in [-0.1, -0.05) is 30.3 Å². The van der Waals surface area contributed by atoms with Gasteiger partial charge in [-0.2, -0.15) is 5.10 Å². The van der Waals surface area contributed by atoms with Crippen LogP contribution in [0.3, 0.4) is 0 Å². The third-order valence-corrected chi connectivity index (χ3v) is 3.15. The molecule has 0 radical (unpaired) electrons. The molecule has 2 aromatic rings. The average molecular weight is 274 g/mol. The normalized spacial score (nSPS) is 12.2. The lowest BCUT2D eigenvalue weighted by atomic mass is 10.1. The molecule has 0 aliphatic rings. The largest absolute Gasteiger partial charge is 0.480 e. The molecule has 20 heavy (non-hydrogen) atoms. The lowest BCUT2D eigenvalue weighted by molar-refractivity contribution is -0.138. The zero-order chi connectivity index (χ0) is 14.4. The number of aryl methyl sites for hydroxylation is 3. The highest BCUT2D eigenvalue weighted by Crippen LogP contribution is 2.05. The highest BCUT2D eigenvalue weighted by molar-refractivity contribution is 5.72. The first-order valence-corrected chi connectivity index (χ1v) is 6.56. The van der Waals surface area contributed by atoms with Gasteiger partial charge in [0.1, 0.15) is 18.2 Å². The van der Waals surface area contributed by atoms with Gasteiger partial charge in [0, 0.05) is 13.0 Å². The van der Waals surface area contributed by atoms with Crippen molar-refractivity contribution in [3.05, 3.63) is 48.0 Å². The molecular formula is C14H18N4O2. The van der Waals surface area contributed by atoms with E-state index in [1.165, 1.54) is 11.9 Å². The van der Waals surface area contributed by atoms with Crippen molar-refractivity contribution < 1.29 is 9.90 Å². The number of carboxylic acids is 1. The summed E-state index contributed by atoms with van der Waals surface area (Å²) in [5.74, 6) is -0.210. The highest BCUT2D eigenvalue weighted by Gasteiger charge is 2.13. The predicted octanol–water partition coefficient (Wildman–Crippen LogP) is 0.865. The molecule has 2 rings (SSSR count). The molecule has 1 heterocycles. The number of aliphatic carboxylic acids is 1. The van der Waals surface area contributed by atoms with Gasteiger partial charge >= 0.3 is 5.97 Å². The standard InChI is InChI=1S/C14H18N4O2/c15-12(14(19)20)6-7-13-16-10-17-18(13)9-8-11-4-2-1-3-5-11/h1-5,10,12H,6-9,15H2,(H,19,20)/t12-/m0/s1. The van der Waals surface area contributed by atoms with Gasteiger partial charge in [0.05, 0.1) is 0 Å². The van der Waals surface area contributed by atoms with Crippen LogP contribution >= 0.6 is 0 Å².